The Balaban J connectivity index is 1.89. The summed E-state index contributed by atoms with van der Waals surface area (Å²) in [5, 5.41) is 2.08. The smallest absolute Gasteiger partial charge is 0.0652 e. The van der Waals surface area contributed by atoms with E-state index in [0.717, 1.165) is 17.7 Å². The minimum absolute atomic E-state index is 0.638. The predicted molar refractivity (Wildman–Crippen MR) is 59.3 cm³/mol. The summed E-state index contributed by atoms with van der Waals surface area (Å²) in [4.78, 5) is 4.65. The lowest BCUT2D eigenvalue weighted by Gasteiger charge is -2.29. The third-order valence-corrected chi connectivity index (χ3v) is 4.37. The van der Waals surface area contributed by atoms with Gasteiger partial charge in [0.2, 0.25) is 0 Å². The van der Waals surface area contributed by atoms with Crippen molar-refractivity contribution >= 4 is 16.8 Å². The minimum Gasteiger partial charge on any atom is -0.330 e. The third-order valence-electron chi connectivity index (χ3n) is 3.11. The van der Waals surface area contributed by atoms with Crippen molar-refractivity contribution in [2.75, 3.05) is 6.54 Å². The maximum Gasteiger partial charge on any atom is 0.0652 e. The van der Waals surface area contributed by atoms with Gasteiger partial charge in [0.25, 0.3) is 0 Å². The van der Waals surface area contributed by atoms with Gasteiger partial charge in [-0.1, -0.05) is 0 Å². The fourth-order valence-electron chi connectivity index (χ4n) is 2.45. The Morgan fingerprint density at radius 1 is 1.54 bits per heavy atom. The van der Waals surface area contributed by atoms with Crippen molar-refractivity contribution < 1.29 is 0 Å². The first kappa shape index (κ1) is 9.53. The molecule has 2 N–H and O–H groups in total. The lowest BCUT2D eigenvalue weighted by atomic mass is 9.84. The number of nitrogens with zero attached hydrogens (tertiary/aromatic N) is 1. The number of thioether (sulfide) groups is 1. The van der Waals surface area contributed by atoms with Gasteiger partial charge in [0.15, 0.2) is 0 Å². The van der Waals surface area contributed by atoms with Gasteiger partial charge in [-0.3, -0.25) is 4.99 Å². The van der Waals surface area contributed by atoms with Crippen LogP contribution in [-0.2, 0) is 0 Å². The third kappa shape index (κ3) is 2.08. The molecule has 0 radical (unpaired) electrons. The lowest BCUT2D eigenvalue weighted by Crippen LogP contribution is -2.28. The predicted octanol–water partition coefficient (Wildman–Crippen LogP) is 2.04. The first-order chi connectivity index (χ1) is 6.29. The molecule has 2 rings (SSSR count). The summed E-state index contributed by atoms with van der Waals surface area (Å²) in [6, 6.07) is 0.638. The molecule has 1 aliphatic heterocycles. The maximum absolute atomic E-state index is 5.59. The number of hydrogen-bond acceptors (Lipinski definition) is 3. The van der Waals surface area contributed by atoms with Crippen LogP contribution in [0.1, 0.15) is 32.6 Å². The second kappa shape index (κ2) is 4.01. The highest BCUT2D eigenvalue weighted by molar-refractivity contribution is 8.14. The van der Waals surface area contributed by atoms with Crippen molar-refractivity contribution in [2.45, 2.75) is 43.9 Å². The molecule has 1 saturated carbocycles. The number of fused-ring (bicyclic) bond motifs is 1. The molecule has 2 aliphatic rings. The molecule has 0 aromatic carbocycles. The summed E-state index contributed by atoms with van der Waals surface area (Å²) >= 11 is 1.99. The zero-order chi connectivity index (χ0) is 9.26. The molecule has 3 unspecified atom stereocenters. The van der Waals surface area contributed by atoms with Gasteiger partial charge in [0.1, 0.15) is 0 Å². The van der Waals surface area contributed by atoms with Crippen LogP contribution in [-0.4, -0.2) is 22.9 Å². The highest BCUT2D eigenvalue weighted by Crippen LogP contribution is 2.40. The minimum atomic E-state index is 0.638. The van der Waals surface area contributed by atoms with Gasteiger partial charge in [-0.25, -0.2) is 0 Å². The van der Waals surface area contributed by atoms with Crippen LogP contribution in [0.5, 0.6) is 0 Å². The molecular weight excluding hydrogens is 180 g/mol. The lowest BCUT2D eigenvalue weighted by molar-refractivity contribution is 0.326. The Bertz CT molecular complexity index is 215. The fourth-order valence-corrected chi connectivity index (χ4v) is 3.81. The SMILES string of the molecule is CC1=NC2CCC(CCN)CC2S1. The van der Waals surface area contributed by atoms with Crippen LogP contribution in [0.3, 0.4) is 0 Å². The Hall–Kier alpha value is -0.0200. The molecule has 0 aromatic rings. The Kier molecular flexibility index (Phi) is 2.94. The van der Waals surface area contributed by atoms with Gasteiger partial charge in [0.05, 0.1) is 11.1 Å². The molecule has 3 heteroatoms. The van der Waals surface area contributed by atoms with E-state index in [1.54, 1.807) is 0 Å². The van der Waals surface area contributed by atoms with Crippen molar-refractivity contribution in [1.82, 2.24) is 0 Å². The molecule has 1 heterocycles. The molecule has 1 fully saturated rings. The Morgan fingerprint density at radius 3 is 3.15 bits per heavy atom. The van der Waals surface area contributed by atoms with Gasteiger partial charge in [-0.05, 0) is 45.1 Å². The highest BCUT2D eigenvalue weighted by Gasteiger charge is 2.34. The van der Waals surface area contributed by atoms with Crippen molar-refractivity contribution in [3.05, 3.63) is 0 Å². The number of rotatable bonds is 2. The first-order valence-electron chi connectivity index (χ1n) is 5.20. The fraction of sp³-hybridized carbons (Fsp3) is 0.900. The van der Waals surface area contributed by atoms with Crippen molar-refractivity contribution in [3.8, 4) is 0 Å². The summed E-state index contributed by atoms with van der Waals surface area (Å²) in [5.74, 6) is 0.875. The zero-order valence-electron chi connectivity index (χ0n) is 8.20. The summed E-state index contributed by atoms with van der Waals surface area (Å²) < 4.78 is 0. The van der Waals surface area contributed by atoms with Crippen molar-refractivity contribution in [1.29, 1.82) is 0 Å². The highest BCUT2D eigenvalue weighted by atomic mass is 32.2. The van der Waals surface area contributed by atoms with Gasteiger partial charge < -0.3 is 5.73 Å². The van der Waals surface area contributed by atoms with Crippen LogP contribution in [0.4, 0.5) is 0 Å². The van der Waals surface area contributed by atoms with E-state index in [9.17, 15) is 0 Å². The van der Waals surface area contributed by atoms with Gasteiger partial charge in [0, 0.05) is 5.25 Å². The first-order valence-corrected chi connectivity index (χ1v) is 6.08. The number of hydrogen-bond donors (Lipinski definition) is 1. The average Bonchev–Trinajstić information content (AvgIpc) is 2.44. The molecule has 0 bridgehead atoms. The van der Waals surface area contributed by atoms with E-state index in [2.05, 4.69) is 11.9 Å². The van der Waals surface area contributed by atoms with E-state index in [1.165, 1.54) is 30.7 Å². The standard InChI is InChI=1S/C10H18N2S/c1-7-12-9-3-2-8(4-5-11)6-10(9)13-7/h8-10H,2-6,11H2,1H3. The molecule has 2 nitrogen and oxygen atoms in total. The molecule has 3 atom stereocenters. The molecule has 1 aliphatic carbocycles. The number of aliphatic imine (C=N–C) groups is 1. The van der Waals surface area contributed by atoms with Crippen LogP contribution in [0.25, 0.3) is 0 Å². The average molecular weight is 198 g/mol. The topological polar surface area (TPSA) is 38.4 Å². The summed E-state index contributed by atoms with van der Waals surface area (Å²) in [6.07, 6.45) is 5.19. The van der Waals surface area contributed by atoms with E-state index >= 15 is 0 Å². The normalized spacial score (nSPS) is 38.6. The monoisotopic (exact) mass is 198 g/mol. The molecule has 13 heavy (non-hydrogen) atoms. The molecular formula is C10H18N2S. The van der Waals surface area contributed by atoms with Crippen LogP contribution in [0.2, 0.25) is 0 Å². The van der Waals surface area contributed by atoms with Crippen LogP contribution < -0.4 is 5.73 Å². The van der Waals surface area contributed by atoms with Crippen LogP contribution in [0.15, 0.2) is 4.99 Å². The van der Waals surface area contributed by atoms with E-state index < -0.39 is 0 Å². The molecule has 0 spiro atoms. The molecule has 0 aromatic heterocycles. The summed E-state index contributed by atoms with van der Waals surface area (Å²) in [7, 11) is 0. The Labute approximate surface area is 84.4 Å². The van der Waals surface area contributed by atoms with Gasteiger partial charge in [-0.2, -0.15) is 0 Å². The van der Waals surface area contributed by atoms with E-state index in [4.69, 9.17) is 5.73 Å². The van der Waals surface area contributed by atoms with Crippen LogP contribution in [0, 0.1) is 5.92 Å². The molecule has 0 amide bonds. The van der Waals surface area contributed by atoms with Gasteiger partial charge in [-0.15, -0.1) is 11.8 Å². The van der Waals surface area contributed by atoms with E-state index in [0.29, 0.717) is 6.04 Å². The Morgan fingerprint density at radius 2 is 2.38 bits per heavy atom. The number of nitrogens with two attached hydrogens (primary N) is 1. The largest absolute Gasteiger partial charge is 0.330 e. The zero-order valence-corrected chi connectivity index (χ0v) is 9.02. The van der Waals surface area contributed by atoms with Crippen LogP contribution >= 0.6 is 11.8 Å². The van der Waals surface area contributed by atoms with E-state index in [1.807, 2.05) is 11.8 Å². The molecule has 0 saturated heterocycles. The van der Waals surface area contributed by atoms with Gasteiger partial charge >= 0.3 is 0 Å². The second-order valence-corrected chi connectivity index (χ2v) is 5.56. The summed E-state index contributed by atoms with van der Waals surface area (Å²) in [5.41, 5.74) is 5.59. The maximum atomic E-state index is 5.59. The summed E-state index contributed by atoms with van der Waals surface area (Å²) in [6.45, 7) is 2.99. The second-order valence-electron chi connectivity index (χ2n) is 4.13. The van der Waals surface area contributed by atoms with E-state index in [-0.39, 0.29) is 0 Å². The molecule has 74 valence electrons. The van der Waals surface area contributed by atoms with Crippen molar-refractivity contribution in [2.24, 2.45) is 16.6 Å². The quantitative estimate of drug-likeness (QED) is 0.737. The van der Waals surface area contributed by atoms with Crippen molar-refractivity contribution in [3.63, 3.8) is 0 Å².